The van der Waals surface area contributed by atoms with E-state index >= 15 is 0 Å². The zero-order chi connectivity index (χ0) is 18.2. The fourth-order valence-electron chi connectivity index (χ4n) is 2.94. The van der Waals surface area contributed by atoms with Crippen molar-refractivity contribution in [1.29, 1.82) is 0 Å². The van der Waals surface area contributed by atoms with Crippen LogP contribution in [0.2, 0.25) is 0 Å². The van der Waals surface area contributed by atoms with Crippen LogP contribution in [0.1, 0.15) is 31.2 Å². The van der Waals surface area contributed by atoms with Crippen molar-refractivity contribution in [3.63, 3.8) is 0 Å². The summed E-state index contributed by atoms with van der Waals surface area (Å²) in [6, 6.07) is 10.2. The van der Waals surface area contributed by atoms with Crippen molar-refractivity contribution in [2.45, 2.75) is 37.1 Å². The Hall–Kier alpha value is -2.08. The van der Waals surface area contributed by atoms with Crippen molar-refractivity contribution >= 4 is 23.5 Å². The van der Waals surface area contributed by atoms with Gasteiger partial charge in [-0.3, -0.25) is 4.79 Å². The highest BCUT2D eigenvalue weighted by Gasteiger charge is 2.11. The van der Waals surface area contributed by atoms with Gasteiger partial charge in [-0.05, 0) is 48.7 Å². The van der Waals surface area contributed by atoms with Gasteiger partial charge in [0, 0.05) is 30.7 Å². The van der Waals surface area contributed by atoms with Gasteiger partial charge in [0.25, 0.3) is 0 Å². The highest BCUT2D eigenvalue weighted by molar-refractivity contribution is 8.00. The third-order valence-electron chi connectivity index (χ3n) is 4.41. The molecule has 0 atom stereocenters. The topological polar surface area (TPSA) is 45.2 Å². The quantitative estimate of drug-likeness (QED) is 0.777. The van der Waals surface area contributed by atoms with Crippen molar-refractivity contribution in [3.05, 3.63) is 54.0 Å². The number of amides is 1. The third-order valence-corrected chi connectivity index (χ3v) is 5.42. The van der Waals surface area contributed by atoms with E-state index in [-0.39, 0.29) is 11.7 Å². The number of hydrogen-bond donors (Lipinski definition) is 1. The van der Waals surface area contributed by atoms with Gasteiger partial charge in [0.15, 0.2) is 0 Å². The van der Waals surface area contributed by atoms with Crippen LogP contribution >= 0.6 is 11.8 Å². The molecule has 6 heteroatoms. The molecule has 0 aliphatic carbocycles. The third kappa shape index (κ3) is 5.73. The lowest BCUT2D eigenvalue weighted by atomic mass is 10.2. The molecule has 1 aromatic heterocycles. The number of aromatic nitrogens is 1. The lowest BCUT2D eigenvalue weighted by Crippen LogP contribution is -2.26. The monoisotopic (exact) mass is 373 g/mol. The number of benzene rings is 1. The van der Waals surface area contributed by atoms with Crippen molar-refractivity contribution in [1.82, 2.24) is 10.3 Å². The second-order valence-electron chi connectivity index (χ2n) is 6.45. The van der Waals surface area contributed by atoms with Gasteiger partial charge in [0.05, 0.1) is 5.75 Å². The molecule has 2 aromatic rings. The number of halogens is 1. The lowest BCUT2D eigenvalue weighted by molar-refractivity contribution is -0.118. The van der Waals surface area contributed by atoms with Crippen LogP contribution in [0.5, 0.6) is 0 Å². The minimum atomic E-state index is -0.269. The van der Waals surface area contributed by atoms with E-state index in [2.05, 4.69) is 15.2 Å². The summed E-state index contributed by atoms with van der Waals surface area (Å²) in [7, 11) is 0. The predicted octanol–water partition coefficient (Wildman–Crippen LogP) is 4.01. The summed E-state index contributed by atoms with van der Waals surface area (Å²) in [4.78, 5) is 19.8. The van der Waals surface area contributed by atoms with Crippen LogP contribution in [-0.4, -0.2) is 29.7 Å². The van der Waals surface area contributed by atoms with E-state index < -0.39 is 0 Å². The van der Waals surface area contributed by atoms with Gasteiger partial charge >= 0.3 is 0 Å². The summed E-state index contributed by atoms with van der Waals surface area (Å²) in [5.41, 5.74) is 0.990. The summed E-state index contributed by atoms with van der Waals surface area (Å²) in [5.74, 6) is 1.02. The van der Waals surface area contributed by atoms with E-state index in [0.717, 1.165) is 29.4 Å². The van der Waals surface area contributed by atoms with E-state index in [4.69, 9.17) is 0 Å². The standard InChI is InChI=1S/C20H24FN3OS/c21-17-6-8-18(9-7-17)26-15-20(25)23-14-16-5-10-19(22-13-16)24-11-3-1-2-4-12-24/h5-10,13H,1-4,11-12,14-15H2,(H,23,25). The average Bonchev–Trinajstić information content (AvgIpc) is 2.96. The Morgan fingerprint density at radius 3 is 2.46 bits per heavy atom. The fourth-order valence-corrected chi connectivity index (χ4v) is 3.67. The summed E-state index contributed by atoms with van der Waals surface area (Å²) < 4.78 is 12.9. The number of rotatable bonds is 6. The van der Waals surface area contributed by atoms with E-state index in [0.29, 0.717) is 12.3 Å². The van der Waals surface area contributed by atoms with Crippen molar-refractivity contribution in [3.8, 4) is 0 Å². The minimum Gasteiger partial charge on any atom is -0.357 e. The number of nitrogens with zero attached hydrogens (tertiary/aromatic N) is 2. The number of carbonyl (C=O) groups excluding carboxylic acids is 1. The molecular weight excluding hydrogens is 349 g/mol. The van der Waals surface area contributed by atoms with Crippen LogP contribution in [-0.2, 0) is 11.3 Å². The van der Waals surface area contributed by atoms with Gasteiger partial charge in [-0.2, -0.15) is 0 Å². The van der Waals surface area contributed by atoms with Gasteiger partial charge in [-0.15, -0.1) is 11.8 Å². The van der Waals surface area contributed by atoms with Gasteiger partial charge in [-0.25, -0.2) is 9.37 Å². The molecular formula is C20H24FN3OS. The Labute approximate surface area is 158 Å². The Bertz CT molecular complexity index is 698. The molecule has 1 amide bonds. The molecule has 1 aromatic carbocycles. The van der Waals surface area contributed by atoms with Crippen LogP contribution in [0.4, 0.5) is 10.2 Å². The van der Waals surface area contributed by atoms with Crippen molar-refractivity contribution in [2.24, 2.45) is 0 Å². The number of nitrogens with one attached hydrogen (secondary N) is 1. The molecule has 26 heavy (non-hydrogen) atoms. The Morgan fingerprint density at radius 2 is 1.81 bits per heavy atom. The van der Waals surface area contributed by atoms with Crippen LogP contribution in [0.25, 0.3) is 0 Å². The van der Waals surface area contributed by atoms with Crippen LogP contribution in [0.15, 0.2) is 47.5 Å². The Kier molecular flexibility index (Phi) is 6.89. The van der Waals surface area contributed by atoms with Crippen LogP contribution < -0.4 is 10.2 Å². The molecule has 1 fully saturated rings. The maximum Gasteiger partial charge on any atom is 0.230 e. The normalized spacial score (nSPS) is 14.7. The van der Waals surface area contributed by atoms with Gasteiger partial charge < -0.3 is 10.2 Å². The number of carbonyl (C=O) groups is 1. The molecule has 1 saturated heterocycles. The van der Waals surface area contributed by atoms with Crippen LogP contribution in [0.3, 0.4) is 0 Å². The maximum atomic E-state index is 12.9. The Morgan fingerprint density at radius 1 is 1.08 bits per heavy atom. The lowest BCUT2D eigenvalue weighted by Gasteiger charge is -2.21. The highest BCUT2D eigenvalue weighted by atomic mass is 32.2. The fraction of sp³-hybridized carbons (Fsp3) is 0.400. The first-order valence-corrected chi connectivity index (χ1v) is 10.0. The van der Waals surface area contributed by atoms with Crippen molar-refractivity contribution < 1.29 is 9.18 Å². The number of anilines is 1. The van der Waals surface area contributed by atoms with E-state index in [1.54, 1.807) is 12.1 Å². The predicted molar refractivity (Wildman–Crippen MR) is 104 cm³/mol. The first kappa shape index (κ1) is 18.7. The summed E-state index contributed by atoms with van der Waals surface area (Å²) >= 11 is 1.39. The SMILES string of the molecule is O=C(CSc1ccc(F)cc1)NCc1ccc(N2CCCCCC2)nc1. The highest BCUT2D eigenvalue weighted by Crippen LogP contribution is 2.18. The zero-order valence-corrected chi connectivity index (χ0v) is 15.6. The summed E-state index contributed by atoms with van der Waals surface area (Å²) in [6.45, 7) is 2.61. The molecule has 3 rings (SSSR count). The molecule has 0 spiro atoms. The molecule has 0 saturated carbocycles. The first-order valence-electron chi connectivity index (χ1n) is 9.06. The molecule has 1 aliphatic rings. The zero-order valence-electron chi connectivity index (χ0n) is 14.8. The molecule has 2 heterocycles. The molecule has 1 N–H and O–H groups in total. The average molecular weight is 373 g/mol. The number of thioether (sulfide) groups is 1. The molecule has 0 unspecified atom stereocenters. The van der Waals surface area contributed by atoms with Gasteiger partial charge in [0.1, 0.15) is 11.6 Å². The second kappa shape index (κ2) is 9.57. The molecule has 138 valence electrons. The van der Waals surface area contributed by atoms with Gasteiger partial charge in [-0.1, -0.05) is 18.9 Å². The number of pyridine rings is 1. The number of hydrogen-bond acceptors (Lipinski definition) is 4. The summed E-state index contributed by atoms with van der Waals surface area (Å²) in [5, 5.41) is 2.90. The van der Waals surface area contributed by atoms with Crippen molar-refractivity contribution in [2.75, 3.05) is 23.7 Å². The second-order valence-corrected chi connectivity index (χ2v) is 7.49. The molecule has 4 nitrogen and oxygen atoms in total. The molecule has 0 radical (unpaired) electrons. The van der Waals surface area contributed by atoms with Crippen LogP contribution in [0, 0.1) is 5.82 Å². The minimum absolute atomic E-state index is 0.0454. The first-order chi connectivity index (χ1) is 12.7. The largest absolute Gasteiger partial charge is 0.357 e. The van der Waals surface area contributed by atoms with E-state index in [1.165, 1.54) is 49.6 Å². The molecule has 1 aliphatic heterocycles. The Balaban J connectivity index is 1.43. The van der Waals surface area contributed by atoms with Gasteiger partial charge in [0.2, 0.25) is 5.91 Å². The maximum absolute atomic E-state index is 12.9. The molecule has 0 bridgehead atoms. The summed E-state index contributed by atoms with van der Waals surface area (Å²) in [6.07, 6.45) is 6.90. The van der Waals surface area contributed by atoms with E-state index in [1.807, 2.05) is 18.3 Å². The smallest absolute Gasteiger partial charge is 0.230 e. The van der Waals surface area contributed by atoms with E-state index in [9.17, 15) is 9.18 Å².